The minimum Gasteiger partial charge on any atom is -0.323 e. The monoisotopic (exact) mass is 239 g/mol. The molecule has 0 heterocycles. The molecule has 90 valence electrons. The first-order chi connectivity index (χ1) is 8.69. The molecule has 0 atom stereocenters. The molecule has 3 nitrogen and oxygen atoms in total. The molecule has 1 aromatic rings. The third kappa shape index (κ3) is 1.93. The zero-order valence-electron chi connectivity index (χ0n) is 10.1. The summed E-state index contributed by atoms with van der Waals surface area (Å²) in [6, 6.07) is 7.26. The molecule has 1 aromatic carbocycles. The van der Waals surface area contributed by atoms with E-state index in [0.29, 0.717) is 24.1 Å². The number of hydrogen-bond acceptors (Lipinski definition) is 2. The van der Waals surface area contributed by atoms with Gasteiger partial charge in [0.25, 0.3) is 0 Å². The summed E-state index contributed by atoms with van der Waals surface area (Å²) >= 11 is 0. The van der Waals surface area contributed by atoms with Crippen LogP contribution in [0, 0.1) is 12.3 Å². The largest absolute Gasteiger partial charge is 0.323 e. The summed E-state index contributed by atoms with van der Waals surface area (Å²) in [5.74, 6) is 2.20. The van der Waals surface area contributed by atoms with E-state index in [1.807, 2.05) is 12.1 Å². The number of allylic oxidation sites excluding steroid dienone is 2. The molecule has 0 radical (unpaired) electrons. The fourth-order valence-electron chi connectivity index (χ4n) is 2.00. The molecule has 0 spiro atoms. The Balaban J connectivity index is 2.48. The van der Waals surface area contributed by atoms with E-state index >= 15 is 0 Å². The second kappa shape index (κ2) is 4.89. The number of amides is 1. The van der Waals surface area contributed by atoms with Crippen molar-refractivity contribution in [1.82, 2.24) is 5.32 Å². The van der Waals surface area contributed by atoms with Crippen molar-refractivity contribution in [3.8, 4) is 12.3 Å². The summed E-state index contributed by atoms with van der Waals surface area (Å²) in [4.78, 5) is 23.7. The molecule has 1 N–H and O–H groups in total. The molecular formula is C15H13NO2. The van der Waals surface area contributed by atoms with Gasteiger partial charge in [-0.15, -0.1) is 12.3 Å². The minimum absolute atomic E-state index is 0.155. The summed E-state index contributed by atoms with van der Waals surface area (Å²) in [5, 5.41) is 2.66. The zero-order chi connectivity index (χ0) is 13.1. The molecule has 1 aliphatic rings. The van der Waals surface area contributed by atoms with Crippen LogP contribution in [0.15, 0.2) is 30.0 Å². The van der Waals surface area contributed by atoms with Crippen molar-refractivity contribution in [2.24, 2.45) is 0 Å². The van der Waals surface area contributed by atoms with Gasteiger partial charge < -0.3 is 5.32 Å². The average molecular weight is 239 g/mol. The van der Waals surface area contributed by atoms with Gasteiger partial charge in [0.15, 0.2) is 0 Å². The van der Waals surface area contributed by atoms with Gasteiger partial charge in [0.05, 0.1) is 5.70 Å². The highest BCUT2D eigenvalue weighted by Crippen LogP contribution is 2.33. The van der Waals surface area contributed by atoms with E-state index in [-0.39, 0.29) is 11.7 Å². The Labute approximate surface area is 106 Å². The maximum Gasteiger partial charge on any atom is 0.224 e. The van der Waals surface area contributed by atoms with Gasteiger partial charge in [-0.2, -0.15) is 0 Å². The van der Waals surface area contributed by atoms with Crippen LogP contribution >= 0.6 is 0 Å². The molecule has 0 saturated carbocycles. The maximum atomic E-state index is 12.2. The lowest BCUT2D eigenvalue weighted by molar-refractivity contribution is -0.120. The van der Waals surface area contributed by atoms with Crippen molar-refractivity contribution in [3.05, 3.63) is 41.1 Å². The Bertz CT molecular complexity index is 591. The number of Topliss-reactive ketones (excluding diaryl/α,β-unsaturated/α-hetero) is 1. The van der Waals surface area contributed by atoms with Crippen LogP contribution in [-0.2, 0) is 4.79 Å². The van der Waals surface area contributed by atoms with Gasteiger partial charge in [-0.25, -0.2) is 0 Å². The number of carbonyl (C=O) groups excluding carboxylic acids is 2. The van der Waals surface area contributed by atoms with Crippen molar-refractivity contribution in [3.63, 3.8) is 0 Å². The first kappa shape index (κ1) is 12.1. The number of terminal acetylenes is 1. The lowest BCUT2D eigenvalue weighted by Crippen LogP contribution is -2.25. The third-order valence-corrected chi connectivity index (χ3v) is 2.89. The molecular weight excluding hydrogens is 226 g/mol. The minimum atomic E-state index is -0.180. The molecule has 3 heteroatoms. The lowest BCUT2D eigenvalue weighted by Gasteiger charge is -2.05. The number of ketones is 1. The van der Waals surface area contributed by atoms with Crippen LogP contribution in [0.5, 0.6) is 0 Å². The molecule has 1 aliphatic carbocycles. The summed E-state index contributed by atoms with van der Waals surface area (Å²) in [6.45, 7) is 1.74. The standard InChI is InChI=1S/C15H13NO2/c1-3-7-11-10-8-5-6-9-12(10)15(18)14(11)16-13(17)4-2/h1,5-6,8-9H,4,7H2,2H3,(H,16,17,18). The van der Waals surface area contributed by atoms with Crippen LogP contribution in [0.2, 0.25) is 0 Å². The van der Waals surface area contributed by atoms with E-state index < -0.39 is 0 Å². The van der Waals surface area contributed by atoms with E-state index in [1.54, 1.807) is 19.1 Å². The smallest absolute Gasteiger partial charge is 0.224 e. The summed E-state index contributed by atoms with van der Waals surface area (Å²) in [6.07, 6.45) is 5.99. The number of nitrogens with one attached hydrogen (secondary N) is 1. The molecule has 1 amide bonds. The predicted octanol–water partition coefficient (Wildman–Crippen LogP) is 2.14. The van der Waals surface area contributed by atoms with Gasteiger partial charge in [-0.3, -0.25) is 9.59 Å². The van der Waals surface area contributed by atoms with Gasteiger partial charge >= 0.3 is 0 Å². The molecule has 0 unspecified atom stereocenters. The molecule has 0 aliphatic heterocycles. The summed E-state index contributed by atoms with van der Waals surface area (Å²) in [7, 11) is 0. The van der Waals surface area contributed by atoms with Crippen molar-refractivity contribution < 1.29 is 9.59 Å². The number of fused-ring (bicyclic) bond motifs is 1. The van der Waals surface area contributed by atoms with Crippen LogP contribution in [0.3, 0.4) is 0 Å². The molecule has 0 fully saturated rings. The second-order valence-corrected chi connectivity index (χ2v) is 4.01. The SMILES string of the molecule is C#CCC1=C(NC(=O)CC)C(=O)c2ccccc21. The summed E-state index contributed by atoms with van der Waals surface area (Å²) < 4.78 is 0. The van der Waals surface area contributed by atoms with E-state index in [2.05, 4.69) is 11.2 Å². The Kier molecular flexibility index (Phi) is 3.29. The Morgan fingerprint density at radius 1 is 1.33 bits per heavy atom. The fourth-order valence-corrected chi connectivity index (χ4v) is 2.00. The zero-order valence-corrected chi connectivity index (χ0v) is 10.1. The number of benzene rings is 1. The van der Waals surface area contributed by atoms with E-state index in [1.165, 1.54) is 0 Å². The van der Waals surface area contributed by atoms with E-state index in [9.17, 15) is 9.59 Å². The molecule has 0 saturated heterocycles. The van der Waals surface area contributed by atoms with Crippen molar-refractivity contribution in [2.75, 3.05) is 0 Å². The highest BCUT2D eigenvalue weighted by Gasteiger charge is 2.29. The quantitative estimate of drug-likeness (QED) is 0.821. The number of carbonyl (C=O) groups is 2. The fraction of sp³-hybridized carbons (Fsp3) is 0.200. The molecule has 0 bridgehead atoms. The third-order valence-electron chi connectivity index (χ3n) is 2.89. The topological polar surface area (TPSA) is 46.2 Å². The summed E-state index contributed by atoms with van der Waals surface area (Å²) in [5.41, 5.74) is 2.50. The maximum absolute atomic E-state index is 12.2. The first-order valence-electron chi connectivity index (χ1n) is 5.79. The predicted molar refractivity (Wildman–Crippen MR) is 69.6 cm³/mol. The van der Waals surface area contributed by atoms with Gasteiger partial charge in [0, 0.05) is 18.4 Å². The van der Waals surface area contributed by atoms with Crippen molar-refractivity contribution >= 4 is 17.3 Å². The number of rotatable bonds is 3. The van der Waals surface area contributed by atoms with E-state index in [0.717, 1.165) is 11.1 Å². The Morgan fingerprint density at radius 2 is 2.00 bits per heavy atom. The van der Waals surface area contributed by atoms with Crippen LogP contribution in [0.1, 0.15) is 35.7 Å². The molecule has 2 rings (SSSR count). The lowest BCUT2D eigenvalue weighted by atomic mass is 10.0. The van der Waals surface area contributed by atoms with Crippen LogP contribution in [-0.4, -0.2) is 11.7 Å². The van der Waals surface area contributed by atoms with Crippen LogP contribution in [0.25, 0.3) is 5.57 Å². The van der Waals surface area contributed by atoms with Crippen molar-refractivity contribution in [1.29, 1.82) is 0 Å². The molecule has 0 aromatic heterocycles. The normalized spacial score (nSPS) is 13.2. The second-order valence-electron chi connectivity index (χ2n) is 4.01. The van der Waals surface area contributed by atoms with Gasteiger partial charge in [0.1, 0.15) is 0 Å². The highest BCUT2D eigenvalue weighted by atomic mass is 16.2. The Morgan fingerprint density at radius 3 is 2.61 bits per heavy atom. The van der Waals surface area contributed by atoms with Gasteiger partial charge in [-0.05, 0) is 11.1 Å². The van der Waals surface area contributed by atoms with Gasteiger partial charge in [0.2, 0.25) is 11.7 Å². The highest BCUT2D eigenvalue weighted by molar-refractivity contribution is 6.21. The number of hydrogen-bond donors (Lipinski definition) is 1. The van der Waals surface area contributed by atoms with Crippen molar-refractivity contribution in [2.45, 2.75) is 19.8 Å². The Hall–Kier alpha value is -2.34. The van der Waals surface area contributed by atoms with Crippen LogP contribution in [0.4, 0.5) is 0 Å². The van der Waals surface area contributed by atoms with E-state index in [4.69, 9.17) is 6.42 Å². The van der Waals surface area contributed by atoms with Crippen LogP contribution < -0.4 is 5.32 Å². The van der Waals surface area contributed by atoms with Gasteiger partial charge in [-0.1, -0.05) is 31.2 Å². The first-order valence-corrected chi connectivity index (χ1v) is 5.79. The molecule has 18 heavy (non-hydrogen) atoms. The average Bonchev–Trinajstić information content (AvgIpc) is 2.65.